The minimum atomic E-state index is -3.41. The van der Waals surface area contributed by atoms with Crippen molar-refractivity contribution in [3.05, 3.63) is 29.8 Å². The van der Waals surface area contributed by atoms with E-state index in [0.717, 1.165) is 0 Å². The molecule has 0 aromatic heterocycles. The van der Waals surface area contributed by atoms with Crippen LogP contribution in [0, 0.1) is 5.41 Å². The number of carboxylic acids is 1. The molecule has 0 radical (unpaired) electrons. The number of carbonyl (C=O) groups is 2. The smallest absolute Gasteiger partial charge is 0.311 e. The van der Waals surface area contributed by atoms with Gasteiger partial charge in [-0.15, -0.1) is 0 Å². The van der Waals surface area contributed by atoms with E-state index in [1.807, 2.05) is 0 Å². The van der Waals surface area contributed by atoms with Gasteiger partial charge in [-0.3, -0.25) is 9.59 Å². The summed E-state index contributed by atoms with van der Waals surface area (Å²) in [5.74, 6) is -1.51. The van der Waals surface area contributed by atoms with Gasteiger partial charge in [0.2, 0.25) is 0 Å². The van der Waals surface area contributed by atoms with Crippen LogP contribution >= 0.6 is 0 Å². The van der Waals surface area contributed by atoms with Gasteiger partial charge in [-0.1, -0.05) is 13.0 Å². The topological polar surface area (TPSA) is 110 Å². The van der Waals surface area contributed by atoms with E-state index >= 15 is 0 Å². The first kappa shape index (κ1) is 18.4. The maximum absolute atomic E-state index is 12.3. The second kappa shape index (κ2) is 7.31. The highest BCUT2D eigenvalue weighted by molar-refractivity contribution is 7.91. The zero-order valence-corrected chi connectivity index (χ0v) is 14.3. The highest BCUT2D eigenvalue weighted by Gasteiger charge is 2.40. The summed E-state index contributed by atoms with van der Waals surface area (Å²) in [6.07, 6.45) is 0.653. The lowest BCUT2D eigenvalue weighted by atomic mass is 9.80. The summed E-state index contributed by atoms with van der Waals surface area (Å²) in [5.41, 5.74) is -0.849. The molecular weight excluding hydrogens is 334 g/mol. The Labute approximate surface area is 140 Å². The molecule has 1 aromatic carbocycles. The maximum Gasteiger partial charge on any atom is 0.311 e. The highest BCUT2D eigenvalue weighted by Crippen LogP contribution is 2.30. The van der Waals surface area contributed by atoms with Gasteiger partial charge in [0.1, 0.15) is 0 Å². The van der Waals surface area contributed by atoms with Gasteiger partial charge in [-0.05, 0) is 31.0 Å². The van der Waals surface area contributed by atoms with E-state index in [2.05, 4.69) is 5.32 Å². The van der Waals surface area contributed by atoms with Crippen LogP contribution in [0.3, 0.4) is 0 Å². The molecule has 1 heterocycles. The van der Waals surface area contributed by atoms with E-state index in [1.54, 1.807) is 0 Å². The van der Waals surface area contributed by atoms with Crippen LogP contribution in [0.5, 0.6) is 0 Å². The zero-order chi connectivity index (χ0) is 17.8. The molecule has 2 rings (SSSR count). The van der Waals surface area contributed by atoms with Crippen LogP contribution in [0.4, 0.5) is 0 Å². The number of sulfone groups is 1. The molecule has 132 valence electrons. The van der Waals surface area contributed by atoms with Crippen molar-refractivity contribution >= 4 is 21.7 Å². The van der Waals surface area contributed by atoms with Crippen LogP contribution in [0.2, 0.25) is 0 Å². The molecule has 0 bridgehead atoms. The predicted octanol–water partition coefficient (Wildman–Crippen LogP) is 1.09. The maximum atomic E-state index is 12.3. The molecule has 1 saturated heterocycles. The van der Waals surface area contributed by atoms with Gasteiger partial charge in [0.15, 0.2) is 9.84 Å². The van der Waals surface area contributed by atoms with E-state index in [1.165, 1.54) is 31.2 Å². The summed E-state index contributed by atoms with van der Waals surface area (Å²) in [6.45, 7) is 2.19. The lowest BCUT2D eigenvalue weighted by Gasteiger charge is -2.33. The first-order valence-corrected chi connectivity index (χ1v) is 9.38. The molecule has 8 heteroatoms. The summed E-state index contributed by atoms with van der Waals surface area (Å²) in [5, 5.41) is 12.1. The minimum Gasteiger partial charge on any atom is -0.481 e. The van der Waals surface area contributed by atoms with Gasteiger partial charge in [0.25, 0.3) is 5.91 Å². The number of hydrogen-bond donors (Lipinski definition) is 2. The average Bonchev–Trinajstić information content (AvgIpc) is 2.60. The minimum absolute atomic E-state index is 0.0186. The fourth-order valence-corrected chi connectivity index (χ4v) is 3.50. The molecule has 0 aliphatic carbocycles. The van der Waals surface area contributed by atoms with Crippen molar-refractivity contribution in [2.24, 2.45) is 5.41 Å². The third kappa shape index (κ3) is 3.93. The molecule has 1 fully saturated rings. The Kier molecular flexibility index (Phi) is 5.61. The molecule has 0 saturated carbocycles. The Hall–Kier alpha value is -1.93. The van der Waals surface area contributed by atoms with Crippen molar-refractivity contribution in [3.8, 4) is 0 Å². The van der Waals surface area contributed by atoms with E-state index in [4.69, 9.17) is 4.74 Å². The first-order chi connectivity index (χ1) is 11.3. The summed E-state index contributed by atoms with van der Waals surface area (Å²) >= 11 is 0. The lowest BCUT2D eigenvalue weighted by molar-refractivity contribution is -0.154. The Balaban J connectivity index is 2.12. The SMILES string of the molecule is CCS(=O)(=O)c1cccc(C(=O)NCC2(C(=O)O)CCOCC2)c1. The summed E-state index contributed by atoms with van der Waals surface area (Å²) in [4.78, 5) is 23.9. The van der Waals surface area contributed by atoms with Crippen LogP contribution in [0.25, 0.3) is 0 Å². The summed E-state index contributed by atoms with van der Waals surface area (Å²) in [7, 11) is -3.41. The number of ether oxygens (including phenoxy) is 1. The molecule has 1 aromatic rings. The molecule has 24 heavy (non-hydrogen) atoms. The van der Waals surface area contributed by atoms with E-state index in [0.29, 0.717) is 26.1 Å². The lowest BCUT2D eigenvalue weighted by Crippen LogP contribution is -2.46. The molecule has 0 atom stereocenters. The fraction of sp³-hybridized carbons (Fsp3) is 0.500. The molecule has 1 amide bonds. The quantitative estimate of drug-likeness (QED) is 0.790. The van der Waals surface area contributed by atoms with Crippen LogP contribution < -0.4 is 5.32 Å². The number of rotatable bonds is 6. The molecule has 1 aliphatic heterocycles. The van der Waals surface area contributed by atoms with Gasteiger partial charge in [-0.25, -0.2) is 8.42 Å². The Morgan fingerprint density at radius 1 is 1.29 bits per heavy atom. The molecule has 7 nitrogen and oxygen atoms in total. The second-order valence-corrected chi connectivity index (χ2v) is 8.09. The van der Waals surface area contributed by atoms with E-state index in [-0.39, 0.29) is 22.8 Å². The number of carbonyl (C=O) groups excluding carboxylic acids is 1. The first-order valence-electron chi connectivity index (χ1n) is 7.73. The third-order valence-electron chi connectivity index (χ3n) is 4.33. The number of carboxylic acid groups (broad SMARTS) is 1. The fourth-order valence-electron chi connectivity index (χ4n) is 2.58. The predicted molar refractivity (Wildman–Crippen MR) is 86.6 cm³/mol. The third-order valence-corrected chi connectivity index (χ3v) is 6.06. The number of nitrogens with one attached hydrogen (secondary N) is 1. The van der Waals surface area contributed by atoms with Gasteiger partial charge < -0.3 is 15.2 Å². The summed E-state index contributed by atoms with van der Waals surface area (Å²) in [6, 6.07) is 5.75. The van der Waals surface area contributed by atoms with Crippen molar-refractivity contribution in [3.63, 3.8) is 0 Å². The van der Waals surface area contributed by atoms with Crippen molar-refractivity contribution < 1.29 is 27.9 Å². The molecule has 0 unspecified atom stereocenters. The van der Waals surface area contributed by atoms with Crippen molar-refractivity contribution in [2.45, 2.75) is 24.7 Å². The second-order valence-electron chi connectivity index (χ2n) is 5.81. The Morgan fingerprint density at radius 3 is 2.54 bits per heavy atom. The van der Waals surface area contributed by atoms with Gasteiger partial charge in [0.05, 0.1) is 16.1 Å². The van der Waals surface area contributed by atoms with Crippen molar-refractivity contribution in [1.82, 2.24) is 5.32 Å². The highest BCUT2D eigenvalue weighted by atomic mass is 32.2. The van der Waals surface area contributed by atoms with Gasteiger partial charge in [-0.2, -0.15) is 0 Å². The normalized spacial score (nSPS) is 17.2. The number of amides is 1. The largest absolute Gasteiger partial charge is 0.481 e. The number of hydrogen-bond acceptors (Lipinski definition) is 5. The molecule has 2 N–H and O–H groups in total. The van der Waals surface area contributed by atoms with Crippen LogP contribution in [0.1, 0.15) is 30.1 Å². The molecular formula is C16H21NO6S. The number of benzene rings is 1. The van der Waals surface area contributed by atoms with Gasteiger partial charge in [0, 0.05) is 25.3 Å². The number of aliphatic carboxylic acids is 1. The zero-order valence-electron chi connectivity index (χ0n) is 13.4. The van der Waals surface area contributed by atoms with E-state index < -0.39 is 27.1 Å². The van der Waals surface area contributed by atoms with Crippen molar-refractivity contribution in [2.75, 3.05) is 25.5 Å². The monoisotopic (exact) mass is 355 g/mol. The molecule has 1 aliphatic rings. The van der Waals surface area contributed by atoms with E-state index in [9.17, 15) is 23.1 Å². The van der Waals surface area contributed by atoms with Crippen LogP contribution in [-0.2, 0) is 19.4 Å². The average molecular weight is 355 g/mol. The van der Waals surface area contributed by atoms with Crippen LogP contribution in [-0.4, -0.2) is 50.9 Å². The van der Waals surface area contributed by atoms with Crippen molar-refractivity contribution in [1.29, 1.82) is 0 Å². The van der Waals surface area contributed by atoms with Gasteiger partial charge >= 0.3 is 5.97 Å². The Bertz CT molecular complexity index is 722. The Morgan fingerprint density at radius 2 is 1.96 bits per heavy atom. The molecule has 0 spiro atoms. The standard InChI is InChI=1S/C16H21NO6S/c1-2-24(21,22)13-5-3-4-12(10-13)14(18)17-11-16(15(19)20)6-8-23-9-7-16/h3-5,10H,2,6-9,11H2,1H3,(H,17,18)(H,19,20). The van der Waals surface area contributed by atoms with Crippen LogP contribution in [0.15, 0.2) is 29.2 Å². The summed E-state index contributed by atoms with van der Waals surface area (Å²) < 4.78 is 29.0.